The molecule has 0 atom stereocenters. The normalized spacial score (nSPS) is 10.4. The van der Waals surface area contributed by atoms with Crippen LogP contribution in [-0.4, -0.2) is 11.1 Å². The van der Waals surface area contributed by atoms with Crippen LogP contribution in [0, 0.1) is 6.92 Å². The van der Waals surface area contributed by atoms with Gasteiger partial charge in [0.1, 0.15) is 12.4 Å². The van der Waals surface area contributed by atoms with E-state index in [4.69, 9.17) is 21.4 Å². The molecule has 3 nitrogen and oxygen atoms in total. The lowest BCUT2D eigenvalue weighted by molar-refractivity contribution is 0.0696. The van der Waals surface area contributed by atoms with E-state index in [-0.39, 0.29) is 5.56 Å². The number of hydrogen-bond donors (Lipinski definition) is 1. The van der Waals surface area contributed by atoms with E-state index >= 15 is 0 Å². The van der Waals surface area contributed by atoms with Gasteiger partial charge in [0.2, 0.25) is 0 Å². The maximum atomic E-state index is 10.9. The Morgan fingerprint density at radius 2 is 1.95 bits per heavy atom. The SMILES string of the molecule is CCc1cc(OCc2ccc(C(=O)O)cc2C)ccc1Cl. The third-order valence-electron chi connectivity index (χ3n) is 3.38. The Balaban J connectivity index is 2.11. The Kier molecular flexibility index (Phi) is 4.86. The van der Waals surface area contributed by atoms with E-state index in [2.05, 4.69) is 0 Å². The highest BCUT2D eigenvalue weighted by atomic mass is 35.5. The van der Waals surface area contributed by atoms with Gasteiger partial charge >= 0.3 is 5.97 Å². The van der Waals surface area contributed by atoms with Crippen molar-refractivity contribution in [3.05, 3.63) is 63.7 Å². The molecule has 110 valence electrons. The molecular weight excluding hydrogens is 288 g/mol. The average Bonchev–Trinajstić information content (AvgIpc) is 2.47. The maximum Gasteiger partial charge on any atom is 0.335 e. The topological polar surface area (TPSA) is 46.5 Å². The molecule has 0 amide bonds. The minimum absolute atomic E-state index is 0.288. The number of halogens is 1. The fourth-order valence-electron chi connectivity index (χ4n) is 2.06. The van der Waals surface area contributed by atoms with E-state index in [1.165, 1.54) is 0 Å². The first-order valence-electron chi connectivity index (χ1n) is 6.75. The minimum Gasteiger partial charge on any atom is -0.489 e. The number of aromatic carboxylic acids is 1. The average molecular weight is 305 g/mol. The number of carboxylic acids is 1. The molecule has 0 unspecified atom stereocenters. The highest BCUT2D eigenvalue weighted by Crippen LogP contribution is 2.23. The van der Waals surface area contributed by atoms with Crippen molar-refractivity contribution in [1.29, 1.82) is 0 Å². The zero-order chi connectivity index (χ0) is 15.4. The summed E-state index contributed by atoms with van der Waals surface area (Å²) in [6, 6.07) is 10.6. The summed E-state index contributed by atoms with van der Waals surface area (Å²) in [7, 11) is 0. The zero-order valence-corrected chi connectivity index (χ0v) is 12.8. The van der Waals surface area contributed by atoms with Crippen LogP contribution in [0.3, 0.4) is 0 Å². The first-order valence-corrected chi connectivity index (χ1v) is 7.13. The van der Waals surface area contributed by atoms with E-state index in [0.717, 1.165) is 33.9 Å². The molecule has 2 aromatic rings. The molecule has 0 saturated heterocycles. The summed E-state index contributed by atoms with van der Waals surface area (Å²) in [5.41, 5.74) is 3.20. The van der Waals surface area contributed by atoms with Gasteiger partial charge in [-0.1, -0.05) is 24.6 Å². The second-order valence-corrected chi connectivity index (χ2v) is 5.25. The van der Waals surface area contributed by atoms with Crippen molar-refractivity contribution in [2.75, 3.05) is 0 Å². The van der Waals surface area contributed by atoms with Crippen molar-refractivity contribution in [2.24, 2.45) is 0 Å². The largest absolute Gasteiger partial charge is 0.489 e. The second kappa shape index (κ2) is 6.64. The van der Waals surface area contributed by atoms with Gasteiger partial charge in [-0.3, -0.25) is 0 Å². The molecule has 0 saturated carbocycles. The predicted octanol–water partition coefficient (Wildman–Crippen LogP) is 4.49. The molecule has 0 fully saturated rings. The second-order valence-electron chi connectivity index (χ2n) is 4.84. The van der Waals surface area contributed by atoms with Gasteiger partial charge < -0.3 is 9.84 Å². The molecule has 0 radical (unpaired) electrons. The summed E-state index contributed by atoms with van der Waals surface area (Å²) in [5, 5.41) is 9.69. The Morgan fingerprint density at radius 1 is 1.19 bits per heavy atom. The molecule has 21 heavy (non-hydrogen) atoms. The molecule has 0 spiro atoms. The summed E-state index contributed by atoms with van der Waals surface area (Å²) in [6.07, 6.45) is 0.850. The van der Waals surface area contributed by atoms with Crippen LogP contribution in [0.5, 0.6) is 5.75 Å². The summed E-state index contributed by atoms with van der Waals surface area (Å²) in [6.45, 7) is 4.32. The highest BCUT2D eigenvalue weighted by molar-refractivity contribution is 6.31. The van der Waals surface area contributed by atoms with Crippen molar-refractivity contribution in [1.82, 2.24) is 0 Å². The van der Waals surface area contributed by atoms with Crippen molar-refractivity contribution >= 4 is 17.6 Å². The zero-order valence-electron chi connectivity index (χ0n) is 12.0. The lowest BCUT2D eigenvalue weighted by atomic mass is 10.1. The first-order chi connectivity index (χ1) is 10.0. The van der Waals surface area contributed by atoms with E-state index in [0.29, 0.717) is 6.61 Å². The number of benzene rings is 2. The Morgan fingerprint density at radius 3 is 2.57 bits per heavy atom. The third-order valence-corrected chi connectivity index (χ3v) is 3.75. The van der Waals surface area contributed by atoms with E-state index in [1.807, 2.05) is 32.0 Å². The van der Waals surface area contributed by atoms with Crippen LogP contribution in [0.1, 0.15) is 34.0 Å². The third kappa shape index (κ3) is 3.76. The van der Waals surface area contributed by atoms with Gasteiger partial charge in [-0.2, -0.15) is 0 Å². The van der Waals surface area contributed by atoms with E-state index < -0.39 is 5.97 Å². The molecule has 0 bridgehead atoms. The molecule has 0 aromatic heterocycles. The molecule has 2 aromatic carbocycles. The maximum absolute atomic E-state index is 10.9. The minimum atomic E-state index is -0.921. The van der Waals surface area contributed by atoms with Crippen molar-refractivity contribution in [2.45, 2.75) is 26.9 Å². The van der Waals surface area contributed by atoms with Crippen LogP contribution in [0.2, 0.25) is 5.02 Å². The molecule has 1 N–H and O–H groups in total. The van der Waals surface area contributed by atoms with Gasteiger partial charge in [0, 0.05) is 5.02 Å². The van der Waals surface area contributed by atoms with Gasteiger partial charge in [-0.15, -0.1) is 0 Å². The summed E-state index contributed by atoms with van der Waals surface area (Å²) in [4.78, 5) is 10.9. The lowest BCUT2D eigenvalue weighted by Crippen LogP contribution is -2.02. The number of aryl methyl sites for hydroxylation is 2. The number of carbonyl (C=O) groups is 1. The molecule has 0 heterocycles. The monoisotopic (exact) mass is 304 g/mol. The predicted molar refractivity (Wildman–Crippen MR) is 83.3 cm³/mol. The van der Waals surface area contributed by atoms with Gasteiger partial charge in [0.05, 0.1) is 5.56 Å². The van der Waals surface area contributed by atoms with Crippen molar-refractivity contribution in [3.8, 4) is 5.75 Å². The fraction of sp³-hybridized carbons (Fsp3) is 0.235. The van der Waals surface area contributed by atoms with Gasteiger partial charge in [0.15, 0.2) is 0 Å². The van der Waals surface area contributed by atoms with Gasteiger partial charge in [-0.25, -0.2) is 4.79 Å². The molecule has 0 aliphatic carbocycles. The number of hydrogen-bond acceptors (Lipinski definition) is 2. The smallest absolute Gasteiger partial charge is 0.335 e. The van der Waals surface area contributed by atoms with Crippen molar-refractivity contribution in [3.63, 3.8) is 0 Å². The molecule has 0 aliphatic heterocycles. The van der Waals surface area contributed by atoms with Crippen LogP contribution in [0.4, 0.5) is 0 Å². The van der Waals surface area contributed by atoms with Crippen LogP contribution in [0.15, 0.2) is 36.4 Å². The van der Waals surface area contributed by atoms with Gasteiger partial charge in [0.25, 0.3) is 0 Å². The molecule has 2 rings (SSSR count). The number of carboxylic acid groups (broad SMARTS) is 1. The quantitative estimate of drug-likeness (QED) is 0.885. The lowest BCUT2D eigenvalue weighted by Gasteiger charge is -2.11. The standard InChI is InChI=1S/C17H17ClO3/c1-3-12-9-15(6-7-16(12)18)21-10-14-5-4-13(17(19)20)8-11(14)2/h4-9H,3,10H2,1-2H3,(H,19,20). The highest BCUT2D eigenvalue weighted by Gasteiger charge is 2.07. The Labute approximate surface area is 129 Å². The summed E-state index contributed by atoms with van der Waals surface area (Å²) >= 11 is 6.07. The summed E-state index contributed by atoms with van der Waals surface area (Å²) < 4.78 is 5.76. The molecule has 0 aliphatic rings. The Hall–Kier alpha value is -2.00. The van der Waals surface area contributed by atoms with E-state index in [9.17, 15) is 4.79 Å². The molecule has 4 heteroatoms. The fourth-order valence-corrected chi connectivity index (χ4v) is 2.31. The van der Waals surface area contributed by atoms with Gasteiger partial charge in [-0.05, 0) is 60.4 Å². The number of rotatable bonds is 5. The summed E-state index contributed by atoms with van der Waals surface area (Å²) in [5.74, 6) is -0.159. The first kappa shape index (κ1) is 15.4. The van der Waals surface area contributed by atoms with Crippen molar-refractivity contribution < 1.29 is 14.6 Å². The van der Waals surface area contributed by atoms with Crippen LogP contribution < -0.4 is 4.74 Å². The van der Waals surface area contributed by atoms with Crippen LogP contribution >= 0.6 is 11.6 Å². The molecular formula is C17H17ClO3. The Bertz CT molecular complexity index is 665. The van der Waals surface area contributed by atoms with Crippen LogP contribution in [-0.2, 0) is 13.0 Å². The van der Waals surface area contributed by atoms with Crippen LogP contribution in [0.25, 0.3) is 0 Å². The number of ether oxygens (including phenoxy) is 1. The van der Waals surface area contributed by atoms with E-state index in [1.54, 1.807) is 18.2 Å².